The molecule has 0 fully saturated rings. The highest BCUT2D eigenvalue weighted by atomic mass is 16.6. The number of carbonyl (C=O) groups is 1. The predicted octanol–water partition coefficient (Wildman–Crippen LogP) is 4.06. The van der Waals surface area contributed by atoms with Crippen molar-refractivity contribution in [2.45, 2.75) is 13.3 Å². The number of hydrogen-bond donors (Lipinski definition) is 0. The lowest BCUT2D eigenvalue weighted by Crippen LogP contribution is -2.09. The summed E-state index contributed by atoms with van der Waals surface area (Å²) in [5.74, 6) is -0.0345. The lowest BCUT2D eigenvalue weighted by Gasteiger charge is -2.08. The van der Waals surface area contributed by atoms with Crippen LogP contribution in [0.2, 0.25) is 0 Å². The molecule has 1 heterocycles. The van der Waals surface area contributed by atoms with Crippen molar-refractivity contribution in [1.82, 2.24) is 4.57 Å². The Kier molecular flexibility index (Phi) is 4.48. The largest absolute Gasteiger partial charge is 0.345 e. The molecule has 3 aromatic rings. The van der Waals surface area contributed by atoms with Crippen molar-refractivity contribution < 1.29 is 9.72 Å². The van der Waals surface area contributed by atoms with Gasteiger partial charge in [0.25, 0.3) is 5.69 Å². The molecule has 0 saturated heterocycles. The van der Waals surface area contributed by atoms with E-state index in [1.54, 1.807) is 18.2 Å². The molecule has 0 aliphatic carbocycles. The maximum absolute atomic E-state index is 12.7. The average Bonchev–Trinajstić information content (AvgIpc) is 2.96. The summed E-state index contributed by atoms with van der Waals surface area (Å²) < 4.78 is 1.85. The summed E-state index contributed by atoms with van der Waals surface area (Å²) in [4.78, 5) is 23.2. The summed E-state index contributed by atoms with van der Waals surface area (Å²) in [6.45, 7) is 1.98. The molecule has 25 heavy (non-hydrogen) atoms. The Balaban J connectivity index is 1.86. The van der Waals surface area contributed by atoms with Crippen LogP contribution in [0, 0.1) is 17.0 Å². The van der Waals surface area contributed by atoms with Crippen LogP contribution in [-0.2, 0) is 13.5 Å². The Bertz CT molecular complexity index is 940. The topological polar surface area (TPSA) is 65.1 Å². The summed E-state index contributed by atoms with van der Waals surface area (Å²) in [5, 5.41) is 10.9. The molecular weight excluding hydrogens is 316 g/mol. The Morgan fingerprint density at radius 1 is 1.08 bits per heavy atom. The molecule has 126 valence electrons. The van der Waals surface area contributed by atoms with Crippen LogP contribution in [-0.4, -0.2) is 15.3 Å². The van der Waals surface area contributed by atoms with E-state index in [0.717, 1.165) is 16.8 Å². The number of non-ortho nitro benzene ring substituents is 1. The van der Waals surface area contributed by atoms with Crippen LogP contribution >= 0.6 is 0 Å². The first-order valence-electron chi connectivity index (χ1n) is 7.95. The maximum Gasteiger partial charge on any atom is 0.269 e. The highest BCUT2D eigenvalue weighted by Crippen LogP contribution is 2.19. The van der Waals surface area contributed by atoms with E-state index in [9.17, 15) is 14.9 Å². The number of benzene rings is 2. The van der Waals surface area contributed by atoms with Crippen LogP contribution in [0.3, 0.4) is 0 Å². The van der Waals surface area contributed by atoms with Gasteiger partial charge in [-0.15, -0.1) is 0 Å². The van der Waals surface area contributed by atoms with Gasteiger partial charge in [-0.3, -0.25) is 14.9 Å². The second-order valence-electron chi connectivity index (χ2n) is 6.07. The molecule has 0 radical (unpaired) electrons. The Hall–Kier alpha value is -3.21. The summed E-state index contributed by atoms with van der Waals surface area (Å²) in [7, 11) is 1.84. The number of ketones is 1. The zero-order chi connectivity index (χ0) is 18.0. The van der Waals surface area contributed by atoms with Crippen molar-refractivity contribution in [3.05, 3.63) is 98.9 Å². The molecule has 5 nitrogen and oxygen atoms in total. The molecule has 5 heteroatoms. The third-order valence-corrected chi connectivity index (χ3v) is 4.28. The predicted molar refractivity (Wildman–Crippen MR) is 95.9 cm³/mol. The van der Waals surface area contributed by atoms with E-state index in [1.807, 2.05) is 54.9 Å². The minimum atomic E-state index is -0.402. The monoisotopic (exact) mass is 334 g/mol. The number of hydrogen-bond acceptors (Lipinski definition) is 3. The van der Waals surface area contributed by atoms with Gasteiger partial charge in [0.05, 0.1) is 10.6 Å². The summed E-state index contributed by atoms with van der Waals surface area (Å²) in [5.41, 5.74) is 4.19. The molecule has 1 aromatic heterocycles. The smallest absolute Gasteiger partial charge is 0.269 e. The molecule has 0 saturated carbocycles. The standard InChI is InChI=1S/C20H18N2O3/c1-14-6-8-16(9-7-14)20(23)19-11-10-17(21(19)2)12-15-4-3-5-18(13-15)22(24)25/h3-11,13H,12H2,1-2H3. The van der Waals surface area contributed by atoms with Gasteiger partial charge in [0.2, 0.25) is 5.78 Å². The first kappa shape index (κ1) is 16.6. The normalized spacial score (nSPS) is 10.6. The van der Waals surface area contributed by atoms with Crippen molar-refractivity contribution in [2.75, 3.05) is 0 Å². The fraction of sp³-hybridized carbons (Fsp3) is 0.150. The van der Waals surface area contributed by atoms with E-state index in [-0.39, 0.29) is 11.5 Å². The highest BCUT2D eigenvalue weighted by molar-refractivity contribution is 6.08. The SMILES string of the molecule is Cc1ccc(C(=O)c2ccc(Cc3cccc([N+](=O)[O-])c3)n2C)cc1. The lowest BCUT2D eigenvalue weighted by atomic mass is 10.1. The average molecular weight is 334 g/mol. The lowest BCUT2D eigenvalue weighted by molar-refractivity contribution is -0.384. The first-order valence-corrected chi connectivity index (χ1v) is 7.95. The highest BCUT2D eigenvalue weighted by Gasteiger charge is 2.15. The molecule has 0 amide bonds. The summed E-state index contributed by atoms with van der Waals surface area (Å²) in [6.07, 6.45) is 0.527. The Morgan fingerprint density at radius 3 is 2.48 bits per heavy atom. The molecule has 0 spiro atoms. The second-order valence-corrected chi connectivity index (χ2v) is 6.07. The van der Waals surface area contributed by atoms with E-state index < -0.39 is 4.92 Å². The van der Waals surface area contributed by atoms with Gasteiger partial charge in [-0.05, 0) is 24.6 Å². The van der Waals surface area contributed by atoms with Gasteiger partial charge in [0, 0.05) is 36.9 Å². The molecular formula is C20H18N2O3. The van der Waals surface area contributed by atoms with Crippen LogP contribution in [0.15, 0.2) is 60.7 Å². The van der Waals surface area contributed by atoms with Gasteiger partial charge in [-0.25, -0.2) is 0 Å². The van der Waals surface area contributed by atoms with Gasteiger partial charge in [0.1, 0.15) is 0 Å². The van der Waals surface area contributed by atoms with E-state index in [2.05, 4.69) is 0 Å². The third kappa shape index (κ3) is 3.50. The maximum atomic E-state index is 12.7. The third-order valence-electron chi connectivity index (χ3n) is 4.28. The Labute approximate surface area is 145 Å². The minimum Gasteiger partial charge on any atom is -0.345 e. The van der Waals surface area contributed by atoms with Gasteiger partial charge in [0.15, 0.2) is 0 Å². The minimum absolute atomic E-state index is 0.0345. The van der Waals surface area contributed by atoms with Gasteiger partial charge in [-0.2, -0.15) is 0 Å². The molecule has 0 N–H and O–H groups in total. The fourth-order valence-corrected chi connectivity index (χ4v) is 2.80. The quantitative estimate of drug-likeness (QED) is 0.401. The van der Waals surface area contributed by atoms with Crippen LogP contribution < -0.4 is 0 Å². The fourth-order valence-electron chi connectivity index (χ4n) is 2.80. The van der Waals surface area contributed by atoms with Crippen LogP contribution in [0.5, 0.6) is 0 Å². The molecule has 0 atom stereocenters. The van der Waals surface area contributed by atoms with Crippen molar-refractivity contribution in [2.24, 2.45) is 7.05 Å². The Morgan fingerprint density at radius 2 is 1.80 bits per heavy atom. The van der Waals surface area contributed by atoms with Crippen molar-refractivity contribution in [3.8, 4) is 0 Å². The molecule has 0 aliphatic rings. The van der Waals surface area contributed by atoms with Gasteiger partial charge >= 0.3 is 0 Å². The number of rotatable bonds is 5. The van der Waals surface area contributed by atoms with Crippen molar-refractivity contribution in [3.63, 3.8) is 0 Å². The zero-order valence-corrected chi connectivity index (χ0v) is 14.1. The molecule has 3 rings (SSSR count). The van der Waals surface area contributed by atoms with Crippen LogP contribution in [0.25, 0.3) is 0 Å². The second kappa shape index (κ2) is 6.73. The van der Waals surface area contributed by atoms with Crippen molar-refractivity contribution >= 4 is 11.5 Å². The first-order chi connectivity index (χ1) is 12.0. The van der Waals surface area contributed by atoms with Gasteiger partial charge < -0.3 is 4.57 Å². The van der Waals surface area contributed by atoms with E-state index in [1.165, 1.54) is 6.07 Å². The number of nitro groups is 1. The summed E-state index contributed by atoms with van der Waals surface area (Å²) >= 11 is 0. The molecule has 0 unspecified atom stereocenters. The molecule has 0 bridgehead atoms. The van der Waals surface area contributed by atoms with Crippen LogP contribution in [0.4, 0.5) is 5.69 Å². The van der Waals surface area contributed by atoms with E-state index in [4.69, 9.17) is 0 Å². The summed E-state index contributed by atoms with van der Waals surface area (Å²) in [6, 6.07) is 17.7. The number of nitrogens with zero attached hydrogens (tertiary/aromatic N) is 2. The number of carbonyl (C=O) groups excluding carboxylic acids is 1. The van der Waals surface area contributed by atoms with E-state index in [0.29, 0.717) is 17.7 Å². The van der Waals surface area contributed by atoms with Crippen molar-refractivity contribution in [1.29, 1.82) is 0 Å². The molecule has 0 aliphatic heterocycles. The van der Waals surface area contributed by atoms with Crippen LogP contribution in [0.1, 0.15) is 32.9 Å². The number of nitro benzene ring substituents is 1. The number of aromatic nitrogens is 1. The molecule has 2 aromatic carbocycles. The van der Waals surface area contributed by atoms with E-state index >= 15 is 0 Å². The zero-order valence-electron chi connectivity index (χ0n) is 14.1. The van der Waals surface area contributed by atoms with Gasteiger partial charge in [-0.1, -0.05) is 42.0 Å². The number of aryl methyl sites for hydroxylation is 1.